The lowest BCUT2D eigenvalue weighted by molar-refractivity contribution is 0.0524. The van der Waals surface area contributed by atoms with Crippen molar-refractivity contribution in [2.75, 3.05) is 6.61 Å². The van der Waals surface area contributed by atoms with Gasteiger partial charge in [-0.1, -0.05) is 11.6 Å². The van der Waals surface area contributed by atoms with Crippen LogP contribution in [0.4, 0.5) is 0 Å². The number of hydrogen-bond donors (Lipinski definition) is 0. The number of aryl methyl sites for hydroxylation is 2. The molecule has 3 aromatic rings. The van der Waals surface area contributed by atoms with Crippen molar-refractivity contribution in [1.29, 1.82) is 0 Å². The van der Waals surface area contributed by atoms with Crippen molar-refractivity contribution in [2.45, 2.75) is 27.3 Å². The SMILES string of the molecule is CCOC(=O)c1cn(CC)c2c(C)c3ccnc(Cl)c3cc2c1=O. The van der Waals surface area contributed by atoms with Crippen LogP contribution in [-0.4, -0.2) is 22.1 Å². The van der Waals surface area contributed by atoms with Gasteiger partial charge in [-0.15, -0.1) is 0 Å². The van der Waals surface area contributed by atoms with Gasteiger partial charge in [0.25, 0.3) is 0 Å². The highest BCUT2D eigenvalue weighted by molar-refractivity contribution is 6.34. The number of hydrogen-bond acceptors (Lipinski definition) is 4. The summed E-state index contributed by atoms with van der Waals surface area (Å²) >= 11 is 6.20. The zero-order valence-electron chi connectivity index (χ0n) is 13.7. The maximum atomic E-state index is 12.8. The number of nitrogens with zero attached hydrogens (tertiary/aromatic N) is 2. The Kier molecular flexibility index (Phi) is 4.28. The van der Waals surface area contributed by atoms with Gasteiger partial charge in [0.1, 0.15) is 10.7 Å². The molecule has 3 rings (SSSR count). The molecule has 0 fully saturated rings. The molecule has 0 aliphatic heterocycles. The highest BCUT2D eigenvalue weighted by Crippen LogP contribution is 2.30. The Labute approximate surface area is 143 Å². The van der Waals surface area contributed by atoms with Crippen LogP contribution >= 0.6 is 11.6 Å². The fourth-order valence-electron chi connectivity index (χ4n) is 3.03. The van der Waals surface area contributed by atoms with Gasteiger partial charge in [-0.2, -0.15) is 0 Å². The monoisotopic (exact) mass is 344 g/mol. The summed E-state index contributed by atoms with van der Waals surface area (Å²) in [6.07, 6.45) is 3.22. The zero-order chi connectivity index (χ0) is 17.4. The summed E-state index contributed by atoms with van der Waals surface area (Å²) in [6.45, 7) is 6.45. The normalized spacial score (nSPS) is 11.2. The quantitative estimate of drug-likeness (QED) is 0.413. The van der Waals surface area contributed by atoms with Crippen molar-refractivity contribution in [2.24, 2.45) is 0 Å². The number of pyridine rings is 2. The Morgan fingerprint density at radius 1 is 1.29 bits per heavy atom. The molecule has 0 aliphatic rings. The summed E-state index contributed by atoms with van der Waals surface area (Å²) in [6, 6.07) is 3.59. The lowest BCUT2D eigenvalue weighted by Gasteiger charge is -2.15. The molecule has 0 spiro atoms. The number of carbonyl (C=O) groups is 1. The van der Waals surface area contributed by atoms with Crippen LogP contribution in [-0.2, 0) is 11.3 Å². The second-order valence-corrected chi connectivity index (χ2v) is 5.83. The molecule has 0 atom stereocenters. The Morgan fingerprint density at radius 2 is 2.04 bits per heavy atom. The van der Waals surface area contributed by atoms with Crippen LogP contribution in [0.25, 0.3) is 21.7 Å². The number of rotatable bonds is 3. The molecule has 0 radical (unpaired) electrons. The summed E-state index contributed by atoms with van der Waals surface area (Å²) in [4.78, 5) is 29.0. The fourth-order valence-corrected chi connectivity index (χ4v) is 3.24. The average molecular weight is 345 g/mol. The van der Waals surface area contributed by atoms with Crippen molar-refractivity contribution < 1.29 is 9.53 Å². The molecule has 1 aromatic carbocycles. The predicted octanol–water partition coefficient (Wildman–Crippen LogP) is 3.71. The first-order valence-electron chi connectivity index (χ1n) is 7.77. The van der Waals surface area contributed by atoms with Crippen molar-refractivity contribution in [3.8, 4) is 0 Å². The Balaban J connectivity index is 2.49. The van der Waals surface area contributed by atoms with E-state index in [9.17, 15) is 9.59 Å². The summed E-state index contributed by atoms with van der Waals surface area (Å²) in [5.41, 5.74) is 1.41. The molecule has 2 aromatic heterocycles. The molecular formula is C18H17ClN2O3. The van der Waals surface area contributed by atoms with Gasteiger partial charge in [-0.25, -0.2) is 9.78 Å². The van der Waals surface area contributed by atoms with Crippen molar-refractivity contribution in [3.63, 3.8) is 0 Å². The number of halogens is 1. The van der Waals surface area contributed by atoms with E-state index >= 15 is 0 Å². The van der Waals surface area contributed by atoms with Gasteiger partial charge in [0.2, 0.25) is 5.43 Å². The topological polar surface area (TPSA) is 61.2 Å². The van der Waals surface area contributed by atoms with E-state index in [2.05, 4.69) is 4.98 Å². The third-order valence-electron chi connectivity index (χ3n) is 4.14. The Hall–Kier alpha value is -2.40. The van der Waals surface area contributed by atoms with E-state index in [-0.39, 0.29) is 17.6 Å². The standard InChI is InChI=1S/C18H17ClN2O3/c1-4-21-9-14(18(23)24-5-2)16(22)13-8-12-11(10(3)15(13)21)6-7-20-17(12)19/h6-9H,4-5H2,1-3H3. The minimum absolute atomic E-state index is 0.0324. The fraction of sp³-hybridized carbons (Fsp3) is 0.278. The first-order chi connectivity index (χ1) is 11.5. The van der Waals surface area contributed by atoms with E-state index in [4.69, 9.17) is 16.3 Å². The number of esters is 1. The molecule has 0 saturated heterocycles. The minimum atomic E-state index is -0.610. The van der Waals surface area contributed by atoms with Crippen LogP contribution in [0.1, 0.15) is 29.8 Å². The summed E-state index contributed by atoms with van der Waals surface area (Å²) in [7, 11) is 0. The Morgan fingerprint density at radius 3 is 2.71 bits per heavy atom. The summed E-state index contributed by atoms with van der Waals surface area (Å²) in [5.74, 6) is -0.610. The maximum absolute atomic E-state index is 12.8. The molecule has 24 heavy (non-hydrogen) atoms. The van der Waals surface area contributed by atoms with Gasteiger partial charge in [0, 0.05) is 29.7 Å². The molecular weight excluding hydrogens is 328 g/mol. The number of ether oxygens (including phenoxy) is 1. The van der Waals surface area contributed by atoms with Crippen LogP contribution in [0.3, 0.4) is 0 Å². The van der Waals surface area contributed by atoms with Crippen LogP contribution in [0.5, 0.6) is 0 Å². The first-order valence-corrected chi connectivity index (χ1v) is 8.15. The summed E-state index contributed by atoms with van der Waals surface area (Å²) < 4.78 is 6.90. The molecule has 124 valence electrons. The highest BCUT2D eigenvalue weighted by atomic mass is 35.5. The van der Waals surface area contributed by atoms with E-state index in [0.29, 0.717) is 22.5 Å². The molecule has 0 aliphatic carbocycles. The molecule has 0 saturated carbocycles. The lowest BCUT2D eigenvalue weighted by atomic mass is 10.0. The van der Waals surface area contributed by atoms with E-state index in [1.54, 1.807) is 25.4 Å². The van der Waals surface area contributed by atoms with Crippen molar-refractivity contribution in [1.82, 2.24) is 9.55 Å². The molecule has 6 heteroatoms. The van der Waals surface area contributed by atoms with Crippen LogP contribution in [0.2, 0.25) is 5.15 Å². The molecule has 5 nitrogen and oxygen atoms in total. The smallest absolute Gasteiger partial charge is 0.343 e. The first kappa shape index (κ1) is 16.5. The van der Waals surface area contributed by atoms with E-state index in [1.165, 1.54) is 0 Å². The van der Waals surface area contributed by atoms with Gasteiger partial charge in [-0.05, 0) is 43.9 Å². The van der Waals surface area contributed by atoms with Gasteiger partial charge in [-0.3, -0.25) is 4.79 Å². The number of benzene rings is 1. The molecule has 0 amide bonds. The van der Waals surface area contributed by atoms with Crippen molar-refractivity contribution >= 4 is 39.2 Å². The zero-order valence-corrected chi connectivity index (χ0v) is 14.5. The number of carbonyl (C=O) groups excluding carboxylic acids is 1. The minimum Gasteiger partial charge on any atom is -0.462 e. The second kappa shape index (κ2) is 6.24. The summed E-state index contributed by atoms with van der Waals surface area (Å²) in [5, 5.41) is 2.42. The van der Waals surface area contributed by atoms with E-state index in [1.807, 2.05) is 24.5 Å². The van der Waals surface area contributed by atoms with Gasteiger partial charge >= 0.3 is 5.97 Å². The van der Waals surface area contributed by atoms with Crippen molar-refractivity contribution in [3.05, 3.63) is 51.0 Å². The van der Waals surface area contributed by atoms with E-state index < -0.39 is 5.97 Å². The van der Waals surface area contributed by atoms with Crippen LogP contribution < -0.4 is 5.43 Å². The van der Waals surface area contributed by atoms with Gasteiger partial charge in [0.05, 0.1) is 12.1 Å². The molecule has 2 heterocycles. The molecule has 0 N–H and O–H groups in total. The van der Waals surface area contributed by atoms with Gasteiger partial charge < -0.3 is 9.30 Å². The molecule has 0 unspecified atom stereocenters. The van der Waals surface area contributed by atoms with Crippen LogP contribution in [0, 0.1) is 6.92 Å². The Bertz CT molecular complexity index is 1020. The highest BCUT2D eigenvalue weighted by Gasteiger charge is 2.19. The number of fused-ring (bicyclic) bond motifs is 2. The third kappa shape index (κ3) is 2.45. The predicted molar refractivity (Wildman–Crippen MR) is 94.9 cm³/mol. The van der Waals surface area contributed by atoms with Gasteiger partial charge in [0.15, 0.2) is 0 Å². The largest absolute Gasteiger partial charge is 0.462 e. The maximum Gasteiger partial charge on any atom is 0.343 e. The average Bonchev–Trinajstić information content (AvgIpc) is 2.57. The number of aromatic nitrogens is 2. The third-order valence-corrected chi connectivity index (χ3v) is 4.44. The molecule has 0 bridgehead atoms. The van der Waals surface area contributed by atoms with E-state index in [0.717, 1.165) is 16.5 Å². The lowest BCUT2D eigenvalue weighted by Crippen LogP contribution is -2.21. The second-order valence-electron chi connectivity index (χ2n) is 5.47. The van der Waals surface area contributed by atoms with Crippen LogP contribution in [0.15, 0.2) is 29.3 Å².